The summed E-state index contributed by atoms with van der Waals surface area (Å²) in [5, 5.41) is 14.9. The van der Waals surface area contributed by atoms with Gasteiger partial charge in [-0.15, -0.1) is 0 Å². The van der Waals surface area contributed by atoms with Crippen LogP contribution in [0.5, 0.6) is 5.75 Å². The van der Waals surface area contributed by atoms with E-state index < -0.39 is 0 Å². The number of nitrogens with one attached hydrogen (secondary N) is 2. The molecule has 0 aliphatic carbocycles. The Morgan fingerprint density at radius 1 is 1.09 bits per heavy atom. The summed E-state index contributed by atoms with van der Waals surface area (Å²) < 4.78 is 8.52. The van der Waals surface area contributed by atoms with E-state index in [0.717, 1.165) is 17.0 Å². The third-order valence-corrected chi connectivity index (χ3v) is 4.80. The molecule has 0 saturated carbocycles. The first-order valence-electron chi connectivity index (χ1n) is 10.1. The molecule has 0 atom stereocenters. The number of aryl methyl sites for hydroxylation is 2. The number of anilines is 1. The van der Waals surface area contributed by atoms with Crippen LogP contribution in [0.4, 0.5) is 5.82 Å². The van der Waals surface area contributed by atoms with Crippen LogP contribution >= 0.6 is 0 Å². The van der Waals surface area contributed by atoms with Crippen LogP contribution in [0.25, 0.3) is 17.1 Å². The van der Waals surface area contributed by atoms with Crippen molar-refractivity contribution < 1.29 is 9.53 Å². The van der Waals surface area contributed by atoms with Crippen LogP contribution in [0.1, 0.15) is 16.2 Å². The maximum Gasteiger partial charge on any atom is 0.269 e. The molecule has 3 aromatic heterocycles. The Morgan fingerprint density at radius 3 is 2.75 bits per heavy atom. The lowest BCUT2D eigenvalue weighted by molar-refractivity contribution is 0.0946. The van der Waals surface area contributed by atoms with Crippen molar-refractivity contribution in [3.8, 4) is 22.8 Å². The number of nitrogens with zero attached hydrogens (tertiary/aromatic N) is 6. The fourth-order valence-corrected chi connectivity index (χ4v) is 3.17. The SMILES string of the molecule is COc1cccc(-c2cc(C(=O)NCCNc3cc(-n4ccc(C)n4)ncn3)n(C)n2)c1. The Balaban J connectivity index is 1.33. The first kappa shape index (κ1) is 21.0. The summed E-state index contributed by atoms with van der Waals surface area (Å²) in [5.74, 6) is 1.85. The highest BCUT2D eigenvalue weighted by atomic mass is 16.5. The number of carbonyl (C=O) groups is 1. The van der Waals surface area contributed by atoms with Gasteiger partial charge in [0.05, 0.1) is 18.5 Å². The quantitative estimate of drug-likeness (QED) is 0.411. The molecule has 0 fully saturated rings. The minimum Gasteiger partial charge on any atom is -0.497 e. The van der Waals surface area contributed by atoms with E-state index in [9.17, 15) is 4.79 Å². The fourth-order valence-electron chi connectivity index (χ4n) is 3.17. The van der Waals surface area contributed by atoms with E-state index in [1.807, 2.05) is 43.5 Å². The summed E-state index contributed by atoms with van der Waals surface area (Å²) in [7, 11) is 3.36. The first-order valence-corrected chi connectivity index (χ1v) is 10.1. The zero-order valence-corrected chi connectivity index (χ0v) is 18.1. The molecule has 0 saturated heterocycles. The van der Waals surface area contributed by atoms with Gasteiger partial charge >= 0.3 is 0 Å². The minimum atomic E-state index is -0.202. The van der Waals surface area contributed by atoms with Gasteiger partial charge in [-0.1, -0.05) is 12.1 Å². The third kappa shape index (κ3) is 4.75. The predicted molar refractivity (Wildman–Crippen MR) is 120 cm³/mol. The van der Waals surface area contributed by atoms with Gasteiger partial charge in [0.1, 0.15) is 23.6 Å². The number of methoxy groups -OCH3 is 1. The molecule has 2 N–H and O–H groups in total. The number of benzene rings is 1. The van der Waals surface area contributed by atoms with Gasteiger partial charge in [0.25, 0.3) is 5.91 Å². The van der Waals surface area contributed by atoms with Crippen molar-refractivity contribution in [3.63, 3.8) is 0 Å². The highest BCUT2D eigenvalue weighted by molar-refractivity contribution is 5.93. The van der Waals surface area contributed by atoms with E-state index in [2.05, 4.69) is 30.8 Å². The summed E-state index contributed by atoms with van der Waals surface area (Å²) in [6.07, 6.45) is 3.32. The van der Waals surface area contributed by atoms with Crippen molar-refractivity contribution in [1.82, 2.24) is 34.8 Å². The van der Waals surface area contributed by atoms with Crippen LogP contribution in [0.15, 0.2) is 55.0 Å². The van der Waals surface area contributed by atoms with Gasteiger partial charge in [0.15, 0.2) is 5.82 Å². The van der Waals surface area contributed by atoms with E-state index in [0.29, 0.717) is 36.1 Å². The van der Waals surface area contributed by atoms with Crippen LogP contribution in [0.3, 0.4) is 0 Å². The smallest absolute Gasteiger partial charge is 0.269 e. The summed E-state index contributed by atoms with van der Waals surface area (Å²) >= 11 is 0. The molecule has 10 nitrogen and oxygen atoms in total. The van der Waals surface area contributed by atoms with Gasteiger partial charge in [-0.05, 0) is 31.2 Å². The Bertz CT molecular complexity index is 1230. The number of hydrogen-bond donors (Lipinski definition) is 2. The highest BCUT2D eigenvalue weighted by Crippen LogP contribution is 2.23. The molecule has 0 aliphatic heterocycles. The standard InChI is InChI=1S/C22H24N8O2/c1-15-7-10-30(27-15)21-13-20(25-14-26-21)23-8-9-24-22(31)19-12-18(28-29(19)2)16-5-4-6-17(11-16)32-3/h4-7,10-14H,8-9H2,1-3H3,(H,24,31)(H,23,25,26). The monoisotopic (exact) mass is 432 g/mol. The summed E-state index contributed by atoms with van der Waals surface area (Å²) in [6, 6.07) is 13.0. The van der Waals surface area contributed by atoms with E-state index in [4.69, 9.17) is 4.74 Å². The van der Waals surface area contributed by atoms with Gasteiger partial charge in [0.2, 0.25) is 0 Å². The molecule has 1 aromatic carbocycles. The molecule has 0 bridgehead atoms. The largest absolute Gasteiger partial charge is 0.497 e. The van der Waals surface area contributed by atoms with Crippen molar-refractivity contribution in [3.05, 3.63) is 66.4 Å². The predicted octanol–water partition coefficient (Wildman–Crippen LogP) is 2.22. The Kier molecular flexibility index (Phi) is 6.11. The zero-order valence-electron chi connectivity index (χ0n) is 18.1. The van der Waals surface area contributed by atoms with Crippen molar-refractivity contribution in [2.45, 2.75) is 6.92 Å². The Hall–Kier alpha value is -4.21. The first-order chi connectivity index (χ1) is 15.5. The topological polar surface area (TPSA) is 112 Å². The maximum atomic E-state index is 12.6. The maximum absolute atomic E-state index is 12.6. The number of carbonyl (C=O) groups excluding carboxylic acids is 1. The summed E-state index contributed by atoms with van der Waals surface area (Å²) in [6.45, 7) is 2.83. The minimum absolute atomic E-state index is 0.202. The van der Waals surface area contributed by atoms with Crippen LogP contribution in [0.2, 0.25) is 0 Å². The number of hydrogen-bond acceptors (Lipinski definition) is 7. The molecule has 0 aliphatic rings. The van der Waals surface area contributed by atoms with E-state index in [1.54, 1.807) is 35.7 Å². The van der Waals surface area contributed by atoms with Gasteiger partial charge in [0, 0.05) is 38.0 Å². The number of amides is 1. The van der Waals surface area contributed by atoms with Crippen LogP contribution in [-0.4, -0.2) is 55.6 Å². The molecule has 164 valence electrons. The van der Waals surface area contributed by atoms with Crippen LogP contribution in [0, 0.1) is 6.92 Å². The molecule has 32 heavy (non-hydrogen) atoms. The van der Waals surface area contributed by atoms with Crippen LogP contribution in [-0.2, 0) is 7.05 Å². The second kappa shape index (κ2) is 9.29. The number of ether oxygens (including phenoxy) is 1. The molecule has 0 spiro atoms. The molecular formula is C22H24N8O2. The highest BCUT2D eigenvalue weighted by Gasteiger charge is 2.14. The third-order valence-electron chi connectivity index (χ3n) is 4.80. The van der Waals surface area contributed by atoms with E-state index >= 15 is 0 Å². The lowest BCUT2D eigenvalue weighted by atomic mass is 10.1. The zero-order chi connectivity index (χ0) is 22.5. The lowest BCUT2D eigenvalue weighted by Gasteiger charge is -2.08. The van der Waals surface area contributed by atoms with Gasteiger partial charge < -0.3 is 15.4 Å². The molecule has 4 rings (SSSR count). The fraction of sp³-hybridized carbons (Fsp3) is 0.227. The summed E-state index contributed by atoms with van der Waals surface area (Å²) in [4.78, 5) is 21.1. The average Bonchev–Trinajstić information content (AvgIpc) is 3.42. The summed E-state index contributed by atoms with van der Waals surface area (Å²) in [5.41, 5.74) is 2.97. The van der Waals surface area contributed by atoms with Crippen LogP contribution < -0.4 is 15.4 Å². The Morgan fingerprint density at radius 2 is 1.97 bits per heavy atom. The number of aromatic nitrogens is 6. The average molecular weight is 432 g/mol. The van der Waals surface area contributed by atoms with Crippen molar-refractivity contribution >= 4 is 11.7 Å². The second-order valence-electron chi connectivity index (χ2n) is 7.12. The molecule has 0 unspecified atom stereocenters. The van der Waals surface area contributed by atoms with Gasteiger partial charge in [-0.2, -0.15) is 10.2 Å². The van der Waals surface area contributed by atoms with Gasteiger partial charge in [-0.25, -0.2) is 14.6 Å². The van der Waals surface area contributed by atoms with E-state index in [-0.39, 0.29) is 5.91 Å². The second-order valence-corrected chi connectivity index (χ2v) is 7.12. The molecule has 0 radical (unpaired) electrons. The number of rotatable bonds is 8. The molecule has 3 heterocycles. The molecule has 1 amide bonds. The molecular weight excluding hydrogens is 408 g/mol. The van der Waals surface area contributed by atoms with Crippen molar-refractivity contribution in [2.24, 2.45) is 7.05 Å². The Labute approximate surface area is 185 Å². The molecule has 4 aromatic rings. The van der Waals surface area contributed by atoms with Gasteiger partial charge in [-0.3, -0.25) is 9.48 Å². The van der Waals surface area contributed by atoms with Crippen molar-refractivity contribution in [1.29, 1.82) is 0 Å². The molecule has 10 heteroatoms. The van der Waals surface area contributed by atoms with Crippen molar-refractivity contribution in [2.75, 3.05) is 25.5 Å². The van der Waals surface area contributed by atoms with E-state index in [1.165, 1.54) is 6.33 Å². The lowest BCUT2D eigenvalue weighted by Crippen LogP contribution is -2.30. The normalized spacial score (nSPS) is 10.7.